The molecule has 0 bridgehead atoms. The molecule has 4 nitrogen and oxygen atoms in total. The molecular formula is C15H32N2O2SSi. The summed E-state index contributed by atoms with van der Waals surface area (Å²) in [6, 6.07) is 0.881. The van der Waals surface area contributed by atoms with E-state index in [0.717, 1.165) is 12.8 Å². The van der Waals surface area contributed by atoms with E-state index < -0.39 is 14.1 Å². The lowest BCUT2D eigenvalue weighted by Gasteiger charge is -2.15. The van der Waals surface area contributed by atoms with E-state index in [2.05, 4.69) is 42.9 Å². The van der Waals surface area contributed by atoms with Crippen molar-refractivity contribution in [3.8, 4) is 0 Å². The number of unbranched alkanes of at least 4 members (excludes halogenated alkanes) is 4. The summed E-state index contributed by atoms with van der Waals surface area (Å²) in [6.45, 7) is 9.32. The summed E-state index contributed by atoms with van der Waals surface area (Å²) < 4.78 is 0. The first kappa shape index (κ1) is 20.5. The van der Waals surface area contributed by atoms with Gasteiger partial charge in [0.2, 0.25) is 11.8 Å². The molecule has 21 heavy (non-hydrogen) atoms. The first-order chi connectivity index (χ1) is 9.76. The lowest BCUT2D eigenvalue weighted by atomic mass is 10.1. The van der Waals surface area contributed by atoms with Crippen molar-refractivity contribution in [2.45, 2.75) is 70.8 Å². The van der Waals surface area contributed by atoms with Gasteiger partial charge in [-0.1, -0.05) is 51.4 Å². The Hall–Kier alpha value is -0.493. The Morgan fingerprint density at radius 3 is 2.14 bits per heavy atom. The molecule has 0 saturated heterocycles. The summed E-state index contributed by atoms with van der Waals surface area (Å²) in [6.07, 6.45) is 6.02. The monoisotopic (exact) mass is 332 g/mol. The van der Waals surface area contributed by atoms with Gasteiger partial charge in [-0.05, 0) is 6.42 Å². The van der Waals surface area contributed by atoms with Gasteiger partial charge in [0.05, 0.1) is 0 Å². The second-order valence-corrected chi connectivity index (χ2v) is 12.8. The van der Waals surface area contributed by atoms with Crippen LogP contribution in [0, 0.1) is 0 Å². The van der Waals surface area contributed by atoms with E-state index in [4.69, 9.17) is 0 Å². The van der Waals surface area contributed by atoms with Crippen LogP contribution in [0.5, 0.6) is 0 Å². The zero-order valence-electron chi connectivity index (χ0n) is 14.0. The molecule has 0 aliphatic heterocycles. The number of hydrogen-bond acceptors (Lipinski definition) is 3. The number of nitrogens with one attached hydrogen (secondary N) is 2. The van der Waals surface area contributed by atoms with Crippen molar-refractivity contribution in [3.05, 3.63) is 0 Å². The molecule has 0 aromatic rings. The highest BCUT2D eigenvalue weighted by molar-refractivity contribution is 7.80. The van der Waals surface area contributed by atoms with Crippen molar-refractivity contribution in [2.75, 3.05) is 12.3 Å². The van der Waals surface area contributed by atoms with Crippen molar-refractivity contribution >= 4 is 32.5 Å². The molecule has 6 heteroatoms. The van der Waals surface area contributed by atoms with Crippen LogP contribution in [0.2, 0.25) is 25.7 Å². The number of hydrogen-bond donors (Lipinski definition) is 3. The summed E-state index contributed by atoms with van der Waals surface area (Å²) in [5, 5.41) is 5.45. The van der Waals surface area contributed by atoms with E-state index in [1.54, 1.807) is 0 Å². The SMILES string of the molecule is CC(=O)NC(CS)C(=O)NCCCCCCC[Si](C)(C)C. The minimum Gasteiger partial charge on any atom is -0.354 e. The average Bonchev–Trinajstić information content (AvgIpc) is 2.37. The van der Waals surface area contributed by atoms with Crippen LogP contribution in [0.1, 0.15) is 39.0 Å². The molecule has 0 aromatic heterocycles. The molecule has 0 aliphatic carbocycles. The molecule has 1 unspecified atom stereocenters. The third kappa shape index (κ3) is 12.9. The molecule has 1 atom stereocenters. The predicted octanol–water partition coefficient (Wildman–Crippen LogP) is 2.83. The molecule has 0 aromatic carbocycles. The van der Waals surface area contributed by atoms with Crippen LogP contribution in [-0.2, 0) is 9.59 Å². The highest BCUT2D eigenvalue weighted by Crippen LogP contribution is 2.14. The van der Waals surface area contributed by atoms with Crippen LogP contribution in [0.15, 0.2) is 0 Å². The minimum absolute atomic E-state index is 0.140. The maximum Gasteiger partial charge on any atom is 0.243 e. The molecular weight excluding hydrogens is 300 g/mol. The van der Waals surface area contributed by atoms with Gasteiger partial charge in [-0.15, -0.1) is 0 Å². The summed E-state index contributed by atoms with van der Waals surface area (Å²) in [5.41, 5.74) is 0. The van der Waals surface area contributed by atoms with Gasteiger partial charge in [-0.3, -0.25) is 9.59 Å². The molecule has 0 heterocycles. The van der Waals surface area contributed by atoms with Gasteiger partial charge < -0.3 is 10.6 Å². The van der Waals surface area contributed by atoms with Crippen molar-refractivity contribution in [1.82, 2.24) is 10.6 Å². The molecule has 0 spiro atoms. The van der Waals surface area contributed by atoms with E-state index in [0.29, 0.717) is 12.3 Å². The van der Waals surface area contributed by atoms with Crippen molar-refractivity contribution in [2.24, 2.45) is 0 Å². The summed E-state index contributed by atoms with van der Waals surface area (Å²) in [7, 11) is -0.877. The number of rotatable bonds is 11. The van der Waals surface area contributed by atoms with Crippen LogP contribution in [-0.4, -0.2) is 38.2 Å². The zero-order chi connectivity index (χ0) is 16.3. The molecule has 0 saturated carbocycles. The Morgan fingerprint density at radius 1 is 1.05 bits per heavy atom. The van der Waals surface area contributed by atoms with Crippen molar-refractivity contribution in [1.29, 1.82) is 0 Å². The van der Waals surface area contributed by atoms with Gasteiger partial charge >= 0.3 is 0 Å². The maximum absolute atomic E-state index is 11.8. The minimum atomic E-state index is -0.877. The van der Waals surface area contributed by atoms with Gasteiger partial charge in [0, 0.05) is 27.3 Å². The smallest absolute Gasteiger partial charge is 0.243 e. The van der Waals surface area contributed by atoms with Crippen LogP contribution >= 0.6 is 12.6 Å². The van der Waals surface area contributed by atoms with E-state index >= 15 is 0 Å². The van der Waals surface area contributed by atoms with Crippen LogP contribution in [0.3, 0.4) is 0 Å². The van der Waals surface area contributed by atoms with Gasteiger partial charge in [0.25, 0.3) is 0 Å². The van der Waals surface area contributed by atoms with Gasteiger partial charge in [-0.25, -0.2) is 0 Å². The number of amides is 2. The number of thiol groups is 1. The molecule has 0 fully saturated rings. The van der Waals surface area contributed by atoms with Gasteiger partial charge in [-0.2, -0.15) is 12.6 Å². The fourth-order valence-electron chi connectivity index (χ4n) is 2.08. The Bertz CT molecular complexity index is 319. The molecule has 124 valence electrons. The van der Waals surface area contributed by atoms with Crippen molar-refractivity contribution < 1.29 is 9.59 Å². The summed E-state index contributed by atoms with van der Waals surface area (Å²) in [5.74, 6) is -0.0206. The van der Waals surface area contributed by atoms with Crippen LogP contribution in [0.25, 0.3) is 0 Å². The zero-order valence-corrected chi connectivity index (χ0v) is 15.9. The Balaban J connectivity index is 3.57. The molecule has 0 rings (SSSR count). The fourth-order valence-corrected chi connectivity index (χ4v) is 3.65. The van der Waals surface area contributed by atoms with Crippen molar-refractivity contribution in [3.63, 3.8) is 0 Å². The first-order valence-electron chi connectivity index (χ1n) is 7.92. The predicted molar refractivity (Wildman–Crippen MR) is 95.7 cm³/mol. The third-order valence-electron chi connectivity index (χ3n) is 3.28. The average molecular weight is 333 g/mol. The normalized spacial score (nSPS) is 12.8. The first-order valence-corrected chi connectivity index (χ1v) is 12.3. The van der Waals surface area contributed by atoms with E-state index in [1.807, 2.05) is 0 Å². The lowest BCUT2D eigenvalue weighted by Crippen LogP contribution is -2.47. The van der Waals surface area contributed by atoms with Crippen LogP contribution in [0.4, 0.5) is 0 Å². The molecule has 2 N–H and O–H groups in total. The largest absolute Gasteiger partial charge is 0.354 e. The topological polar surface area (TPSA) is 58.2 Å². The Morgan fingerprint density at radius 2 is 1.62 bits per heavy atom. The maximum atomic E-state index is 11.8. The highest BCUT2D eigenvalue weighted by Gasteiger charge is 2.16. The highest BCUT2D eigenvalue weighted by atomic mass is 32.1. The van der Waals surface area contributed by atoms with Gasteiger partial charge in [0.15, 0.2) is 0 Å². The summed E-state index contributed by atoms with van der Waals surface area (Å²) >= 11 is 4.08. The molecule has 2 amide bonds. The van der Waals surface area contributed by atoms with E-state index in [1.165, 1.54) is 32.2 Å². The Kier molecular flexibility index (Phi) is 10.9. The van der Waals surface area contributed by atoms with Gasteiger partial charge in [0.1, 0.15) is 6.04 Å². The third-order valence-corrected chi connectivity index (χ3v) is 5.50. The standard InChI is InChI=1S/C15H32N2O2SSi/c1-13(18)17-14(12-20)15(19)16-10-8-6-5-7-9-11-21(2,3)4/h14,20H,5-12H2,1-4H3,(H,16,19)(H,17,18). The second-order valence-electron chi connectivity index (χ2n) is 6.81. The quantitative estimate of drug-likeness (QED) is 0.309. The van der Waals surface area contributed by atoms with E-state index in [9.17, 15) is 9.59 Å². The lowest BCUT2D eigenvalue weighted by molar-refractivity contribution is -0.127. The van der Waals surface area contributed by atoms with E-state index in [-0.39, 0.29) is 11.8 Å². The molecule has 0 aliphatic rings. The summed E-state index contributed by atoms with van der Waals surface area (Å²) in [4.78, 5) is 22.7. The number of carbonyl (C=O) groups is 2. The van der Waals surface area contributed by atoms with Crippen LogP contribution < -0.4 is 10.6 Å². The Labute approximate surface area is 136 Å². The second kappa shape index (κ2) is 11.1. The fraction of sp³-hybridized carbons (Fsp3) is 0.867. The number of carbonyl (C=O) groups excluding carboxylic acids is 2. The molecule has 0 radical (unpaired) electrons.